The zero-order chi connectivity index (χ0) is 16.7. The van der Waals surface area contributed by atoms with Gasteiger partial charge in [-0.1, -0.05) is 32.0 Å². The molecule has 0 radical (unpaired) electrons. The molecule has 2 aliphatic rings. The maximum Gasteiger partial charge on any atom is 0.231 e. The normalized spacial score (nSPS) is 28.1. The molecule has 4 atom stereocenters. The van der Waals surface area contributed by atoms with Gasteiger partial charge < -0.3 is 18.9 Å². The van der Waals surface area contributed by atoms with Crippen LogP contribution in [0.25, 0.3) is 0 Å². The highest BCUT2D eigenvalue weighted by atomic mass is 16.7. The van der Waals surface area contributed by atoms with Crippen LogP contribution >= 0.6 is 0 Å². The molecule has 0 unspecified atom stereocenters. The molecule has 1 fully saturated rings. The first kappa shape index (κ1) is 15.3. The molecule has 0 amide bonds. The van der Waals surface area contributed by atoms with Crippen LogP contribution in [0.15, 0.2) is 42.5 Å². The molecule has 126 valence electrons. The second kappa shape index (κ2) is 6.02. The summed E-state index contributed by atoms with van der Waals surface area (Å²) in [5.74, 6) is 3.32. The van der Waals surface area contributed by atoms with Gasteiger partial charge in [-0.3, -0.25) is 0 Å². The molecule has 2 aliphatic heterocycles. The maximum atomic E-state index is 6.45. The van der Waals surface area contributed by atoms with Crippen molar-refractivity contribution >= 4 is 0 Å². The lowest BCUT2D eigenvalue weighted by atomic mass is 9.85. The molecule has 4 nitrogen and oxygen atoms in total. The third-order valence-corrected chi connectivity index (χ3v) is 5.25. The van der Waals surface area contributed by atoms with Crippen molar-refractivity contribution in [1.29, 1.82) is 0 Å². The first-order chi connectivity index (χ1) is 11.7. The van der Waals surface area contributed by atoms with E-state index >= 15 is 0 Å². The Balaban J connectivity index is 1.59. The predicted octanol–water partition coefficient (Wildman–Crippen LogP) is 4.51. The zero-order valence-electron chi connectivity index (χ0n) is 14.2. The quantitative estimate of drug-likeness (QED) is 0.831. The summed E-state index contributed by atoms with van der Waals surface area (Å²) >= 11 is 0. The molecular weight excluding hydrogens is 304 g/mol. The van der Waals surface area contributed by atoms with Gasteiger partial charge in [0.05, 0.1) is 19.3 Å². The number of methoxy groups -OCH3 is 1. The predicted molar refractivity (Wildman–Crippen MR) is 90.5 cm³/mol. The lowest BCUT2D eigenvalue weighted by molar-refractivity contribution is 0.0289. The van der Waals surface area contributed by atoms with E-state index in [2.05, 4.69) is 32.0 Å². The standard InChI is InChI=1S/C20H22O4/c1-12-13(2)20(15-6-9-17-18(10-15)23-11-22-17)24-19(12)14-4-7-16(21-3)8-5-14/h4-10,12-13,19-20H,11H2,1-3H3/t12-,13+,19-,20+/m0/s1. The first-order valence-electron chi connectivity index (χ1n) is 8.36. The van der Waals surface area contributed by atoms with E-state index in [4.69, 9.17) is 18.9 Å². The Morgan fingerprint density at radius 3 is 2.17 bits per heavy atom. The van der Waals surface area contributed by atoms with Gasteiger partial charge in [0, 0.05) is 0 Å². The van der Waals surface area contributed by atoms with Gasteiger partial charge >= 0.3 is 0 Å². The fraction of sp³-hybridized carbons (Fsp3) is 0.400. The summed E-state index contributed by atoms with van der Waals surface area (Å²) < 4.78 is 22.6. The Kier molecular flexibility index (Phi) is 3.85. The summed E-state index contributed by atoms with van der Waals surface area (Å²) in [7, 11) is 1.68. The lowest BCUT2D eigenvalue weighted by Gasteiger charge is -2.17. The third kappa shape index (κ3) is 2.51. The van der Waals surface area contributed by atoms with Gasteiger partial charge in [0.15, 0.2) is 11.5 Å². The molecule has 0 bridgehead atoms. The minimum Gasteiger partial charge on any atom is -0.497 e. The monoisotopic (exact) mass is 326 g/mol. The van der Waals surface area contributed by atoms with Crippen molar-refractivity contribution in [2.75, 3.05) is 13.9 Å². The Hall–Kier alpha value is -2.20. The number of fused-ring (bicyclic) bond motifs is 1. The van der Waals surface area contributed by atoms with E-state index in [0.29, 0.717) is 18.6 Å². The van der Waals surface area contributed by atoms with E-state index in [1.54, 1.807) is 7.11 Å². The number of hydrogen-bond acceptors (Lipinski definition) is 4. The van der Waals surface area contributed by atoms with Crippen LogP contribution in [0.5, 0.6) is 17.2 Å². The molecule has 4 heteroatoms. The van der Waals surface area contributed by atoms with Gasteiger partial charge in [-0.2, -0.15) is 0 Å². The summed E-state index contributed by atoms with van der Waals surface area (Å²) in [6, 6.07) is 14.3. The SMILES string of the molecule is COc1ccc([C@H]2O[C@@H](c3ccc4c(c3)OCO4)[C@H](C)[C@@H]2C)cc1. The molecular formula is C20H22O4. The largest absolute Gasteiger partial charge is 0.497 e. The van der Waals surface area contributed by atoms with Crippen molar-refractivity contribution in [3.05, 3.63) is 53.6 Å². The molecule has 0 N–H and O–H groups in total. The van der Waals surface area contributed by atoms with Crippen molar-refractivity contribution in [3.8, 4) is 17.2 Å². The van der Waals surface area contributed by atoms with Crippen LogP contribution in [0.2, 0.25) is 0 Å². The van der Waals surface area contributed by atoms with Crippen LogP contribution < -0.4 is 14.2 Å². The van der Waals surface area contributed by atoms with Crippen LogP contribution in [0, 0.1) is 11.8 Å². The summed E-state index contributed by atoms with van der Waals surface area (Å²) in [4.78, 5) is 0. The van der Waals surface area contributed by atoms with Crippen molar-refractivity contribution in [2.24, 2.45) is 11.8 Å². The highest BCUT2D eigenvalue weighted by Gasteiger charge is 2.40. The summed E-state index contributed by atoms with van der Waals surface area (Å²) in [5.41, 5.74) is 2.34. The second-order valence-electron chi connectivity index (χ2n) is 6.58. The lowest BCUT2D eigenvalue weighted by Crippen LogP contribution is -2.09. The Labute approximate surface area is 142 Å². The van der Waals surface area contributed by atoms with Crippen molar-refractivity contribution in [3.63, 3.8) is 0 Å². The fourth-order valence-electron chi connectivity index (χ4n) is 3.61. The molecule has 2 aromatic rings. The Bertz CT molecular complexity index is 725. The average Bonchev–Trinajstić information content (AvgIpc) is 3.20. The molecule has 24 heavy (non-hydrogen) atoms. The van der Waals surface area contributed by atoms with Crippen LogP contribution in [-0.2, 0) is 4.74 Å². The number of rotatable bonds is 3. The summed E-state index contributed by atoms with van der Waals surface area (Å²) in [5, 5.41) is 0. The Morgan fingerprint density at radius 1 is 0.833 bits per heavy atom. The molecule has 0 spiro atoms. The highest BCUT2D eigenvalue weighted by molar-refractivity contribution is 5.45. The maximum absolute atomic E-state index is 6.45. The number of hydrogen-bond donors (Lipinski definition) is 0. The van der Waals surface area contributed by atoms with E-state index in [0.717, 1.165) is 22.8 Å². The van der Waals surface area contributed by atoms with Gasteiger partial charge in [-0.25, -0.2) is 0 Å². The molecule has 2 aromatic carbocycles. The van der Waals surface area contributed by atoms with Crippen molar-refractivity contribution in [2.45, 2.75) is 26.1 Å². The van der Waals surface area contributed by atoms with E-state index in [1.165, 1.54) is 5.56 Å². The minimum atomic E-state index is 0.0570. The van der Waals surface area contributed by atoms with E-state index in [-0.39, 0.29) is 12.2 Å². The topological polar surface area (TPSA) is 36.9 Å². The summed E-state index contributed by atoms with van der Waals surface area (Å²) in [6.45, 7) is 4.81. The van der Waals surface area contributed by atoms with Crippen LogP contribution in [0.1, 0.15) is 37.2 Å². The van der Waals surface area contributed by atoms with E-state index in [1.807, 2.05) is 24.3 Å². The molecule has 0 aliphatic carbocycles. The fourth-order valence-corrected chi connectivity index (χ4v) is 3.61. The van der Waals surface area contributed by atoms with Gasteiger partial charge in [0.1, 0.15) is 5.75 Å². The molecule has 1 saturated heterocycles. The second-order valence-corrected chi connectivity index (χ2v) is 6.58. The molecule has 0 aromatic heterocycles. The van der Waals surface area contributed by atoms with Gasteiger partial charge in [0.2, 0.25) is 6.79 Å². The third-order valence-electron chi connectivity index (χ3n) is 5.25. The van der Waals surface area contributed by atoms with Gasteiger partial charge in [-0.15, -0.1) is 0 Å². The van der Waals surface area contributed by atoms with E-state index < -0.39 is 0 Å². The van der Waals surface area contributed by atoms with Gasteiger partial charge in [0.25, 0.3) is 0 Å². The number of benzene rings is 2. The number of ether oxygens (including phenoxy) is 4. The first-order valence-corrected chi connectivity index (χ1v) is 8.36. The van der Waals surface area contributed by atoms with Crippen LogP contribution in [0.3, 0.4) is 0 Å². The smallest absolute Gasteiger partial charge is 0.231 e. The molecule has 2 heterocycles. The van der Waals surface area contributed by atoms with Crippen molar-refractivity contribution in [1.82, 2.24) is 0 Å². The summed E-state index contributed by atoms with van der Waals surface area (Å²) in [6.07, 6.45) is 0.142. The zero-order valence-corrected chi connectivity index (χ0v) is 14.2. The van der Waals surface area contributed by atoms with Gasteiger partial charge in [-0.05, 0) is 47.2 Å². The molecule has 0 saturated carbocycles. The Morgan fingerprint density at radius 2 is 1.46 bits per heavy atom. The van der Waals surface area contributed by atoms with Crippen LogP contribution in [0.4, 0.5) is 0 Å². The van der Waals surface area contributed by atoms with E-state index in [9.17, 15) is 0 Å². The van der Waals surface area contributed by atoms with Crippen molar-refractivity contribution < 1.29 is 18.9 Å². The van der Waals surface area contributed by atoms with Crippen LogP contribution in [-0.4, -0.2) is 13.9 Å². The minimum absolute atomic E-state index is 0.0570. The molecule has 4 rings (SSSR count). The highest BCUT2D eigenvalue weighted by Crippen LogP contribution is 2.50. The average molecular weight is 326 g/mol.